The maximum absolute atomic E-state index is 12.8. The maximum atomic E-state index is 12.8. The molecular formula is C21H21F3N2OS. The average molecular weight is 406 g/mol. The van der Waals surface area contributed by atoms with Crippen molar-refractivity contribution >= 4 is 17.7 Å². The van der Waals surface area contributed by atoms with Crippen molar-refractivity contribution < 1.29 is 18.0 Å². The highest BCUT2D eigenvalue weighted by molar-refractivity contribution is 8.01. The van der Waals surface area contributed by atoms with Crippen molar-refractivity contribution in [3.63, 3.8) is 0 Å². The molecule has 2 aliphatic heterocycles. The van der Waals surface area contributed by atoms with Crippen LogP contribution in [0, 0.1) is 0 Å². The first-order valence-electron chi connectivity index (χ1n) is 9.32. The summed E-state index contributed by atoms with van der Waals surface area (Å²) in [5.41, 5.74) is 1.48. The quantitative estimate of drug-likeness (QED) is 0.768. The number of hydrogen-bond donors (Lipinski definition) is 0. The molecule has 0 aliphatic carbocycles. The molecule has 0 saturated carbocycles. The third kappa shape index (κ3) is 4.20. The van der Waals surface area contributed by atoms with Gasteiger partial charge in [-0.1, -0.05) is 30.3 Å². The molecule has 1 saturated heterocycles. The van der Waals surface area contributed by atoms with Crippen LogP contribution in [0.5, 0.6) is 0 Å². The van der Waals surface area contributed by atoms with Crippen LogP contribution < -0.4 is 0 Å². The van der Waals surface area contributed by atoms with E-state index in [1.807, 2.05) is 17.0 Å². The summed E-state index contributed by atoms with van der Waals surface area (Å²) in [6.07, 6.45) is -3.52. The lowest BCUT2D eigenvalue weighted by Crippen LogP contribution is -2.50. The number of rotatable bonds is 3. The predicted octanol–water partition coefficient (Wildman–Crippen LogP) is 4.07. The second-order valence-electron chi connectivity index (χ2n) is 7.21. The van der Waals surface area contributed by atoms with Gasteiger partial charge in [-0.05, 0) is 35.7 Å². The molecule has 1 amide bonds. The zero-order chi connectivity index (χ0) is 19.7. The van der Waals surface area contributed by atoms with Gasteiger partial charge in [0.25, 0.3) is 0 Å². The van der Waals surface area contributed by atoms with Crippen molar-refractivity contribution in [2.45, 2.75) is 29.3 Å². The fourth-order valence-corrected chi connectivity index (χ4v) is 4.99. The molecule has 7 heteroatoms. The zero-order valence-corrected chi connectivity index (χ0v) is 16.1. The number of carbonyl (C=O) groups is 1. The van der Waals surface area contributed by atoms with Gasteiger partial charge in [-0.3, -0.25) is 9.69 Å². The van der Waals surface area contributed by atoms with Crippen molar-refractivity contribution in [1.82, 2.24) is 9.80 Å². The molecular weight excluding hydrogens is 385 g/mol. The number of nitrogens with zero attached hydrogens (tertiary/aromatic N) is 2. The van der Waals surface area contributed by atoms with E-state index in [1.54, 1.807) is 11.8 Å². The van der Waals surface area contributed by atoms with Crippen molar-refractivity contribution in [3.05, 3.63) is 65.2 Å². The largest absolute Gasteiger partial charge is 0.416 e. The van der Waals surface area contributed by atoms with Gasteiger partial charge in [0.15, 0.2) is 0 Å². The van der Waals surface area contributed by atoms with E-state index in [2.05, 4.69) is 17.0 Å². The van der Waals surface area contributed by atoms with E-state index in [4.69, 9.17) is 0 Å². The normalized spacial score (nSPS) is 20.2. The molecule has 2 aliphatic rings. The number of carbonyl (C=O) groups excluding carboxylic acids is 1. The van der Waals surface area contributed by atoms with Crippen molar-refractivity contribution in [2.24, 2.45) is 0 Å². The first-order valence-corrected chi connectivity index (χ1v) is 10.2. The van der Waals surface area contributed by atoms with E-state index >= 15 is 0 Å². The number of piperazine rings is 1. The molecule has 1 unspecified atom stereocenters. The topological polar surface area (TPSA) is 23.6 Å². The molecule has 1 atom stereocenters. The molecule has 0 N–H and O–H groups in total. The Bertz CT molecular complexity index is 820. The molecule has 28 heavy (non-hydrogen) atoms. The molecule has 1 fully saturated rings. The Morgan fingerprint density at radius 2 is 1.68 bits per heavy atom. The third-order valence-corrected chi connectivity index (χ3v) is 6.60. The average Bonchev–Trinajstić information content (AvgIpc) is 3.12. The van der Waals surface area contributed by atoms with Crippen molar-refractivity contribution in [3.8, 4) is 0 Å². The Balaban J connectivity index is 1.28. The fraction of sp³-hybridized carbons (Fsp3) is 0.381. The summed E-state index contributed by atoms with van der Waals surface area (Å²) in [4.78, 5) is 18.1. The van der Waals surface area contributed by atoms with Crippen molar-refractivity contribution in [1.29, 1.82) is 0 Å². The Kier molecular flexibility index (Phi) is 5.38. The number of halogens is 3. The van der Waals surface area contributed by atoms with Crippen molar-refractivity contribution in [2.75, 3.05) is 26.2 Å². The molecule has 2 aromatic rings. The van der Waals surface area contributed by atoms with E-state index in [9.17, 15) is 18.0 Å². The highest BCUT2D eigenvalue weighted by Crippen LogP contribution is 2.37. The first-order chi connectivity index (χ1) is 13.4. The monoisotopic (exact) mass is 406 g/mol. The van der Waals surface area contributed by atoms with Crippen LogP contribution >= 0.6 is 11.8 Å². The van der Waals surface area contributed by atoms with Gasteiger partial charge in [-0.2, -0.15) is 13.2 Å². The molecule has 0 aromatic heterocycles. The van der Waals surface area contributed by atoms with Gasteiger partial charge in [0.2, 0.25) is 5.91 Å². The minimum atomic E-state index is -4.30. The lowest BCUT2D eigenvalue weighted by Gasteiger charge is -2.35. The number of amides is 1. The molecule has 0 radical (unpaired) electrons. The minimum absolute atomic E-state index is 0.0427. The van der Waals surface area contributed by atoms with Crippen LogP contribution in [-0.4, -0.2) is 47.1 Å². The number of hydrogen-bond acceptors (Lipinski definition) is 3. The molecule has 2 heterocycles. The summed E-state index contributed by atoms with van der Waals surface area (Å²) in [7, 11) is 0. The van der Waals surface area contributed by atoms with Gasteiger partial charge in [0.05, 0.1) is 10.8 Å². The van der Waals surface area contributed by atoms with Crippen LogP contribution in [0.25, 0.3) is 0 Å². The van der Waals surface area contributed by atoms with E-state index in [0.29, 0.717) is 19.6 Å². The summed E-state index contributed by atoms with van der Waals surface area (Å²) in [5.74, 6) is 0.190. The van der Waals surface area contributed by atoms with Gasteiger partial charge in [0.1, 0.15) is 0 Å². The zero-order valence-electron chi connectivity index (χ0n) is 15.3. The van der Waals surface area contributed by atoms with Gasteiger partial charge in [-0.25, -0.2) is 0 Å². The Morgan fingerprint density at radius 1 is 1.00 bits per heavy atom. The van der Waals surface area contributed by atoms with Crippen LogP contribution in [0.1, 0.15) is 16.7 Å². The van der Waals surface area contributed by atoms with E-state index in [0.717, 1.165) is 37.2 Å². The molecule has 3 nitrogen and oxygen atoms in total. The van der Waals surface area contributed by atoms with E-state index in [1.165, 1.54) is 22.6 Å². The highest BCUT2D eigenvalue weighted by atomic mass is 32.2. The van der Waals surface area contributed by atoms with Crippen LogP contribution in [0.3, 0.4) is 0 Å². The van der Waals surface area contributed by atoms with E-state index < -0.39 is 11.7 Å². The number of alkyl halides is 3. The number of fused-ring (bicyclic) bond motifs is 1. The van der Waals surface area contributed by atoms with Gasteiger partial charge in [-0.15, -0.1) is 11.8 Å². The molecule has 0 bridgehead atoms. The molecule has 2 aromatic carbocycles. The summed E-state index contributed by atoms with van der Waals surface area (Å²) < 4.78 is 38.0. The summed E-state index contributed by atoms with van der Waals surface area (Å²) >= 11 is 1.65. The van der Waals surface area contributed by atoms with Gasteiger partial charge >= 0.3 is 6.18 Å². The maximum Gasteiger partial charge on any atom is 0.416 e. The van der Waals surface area contributed by atoms with Crippen LogP contribution in [-0.2, 0) is 23.9 Å². The Hall–Kier alpha value is -1.99. The molecule has 148 valence electrons. The minimum Gasteiger partial charge on any atom is -0.339 e. The Morgan fingerprint density at radius 3 is 2.32 bits per heavy atom. The lowest BCUT2D eigenvalue weighted by atomic mass is 10.1. The lowest BCUT2D eigenvalue weighted by molar-refractivity contribution is -0.137. The molecule has 4 rings (SSSR count). The standard InChI is InChI=1S/C21H21F3N2OS/c22-21(23,24)17-7-5-15(6-8-17)14-25-9-11-26(12-10-25)20(27)19-13-16-3-1-2-4-18(16)28-19/h1-8,19H,9-14H2. The smallest absolute Gasteiger partial charge is 0.339 e. The highest BCUT2D eigenvalue weighted by Gasteiger charge is 2.33. The second-order valence-corrected chi connectivity index (χ2v) is 8.46. The number of thioether (sulfide) groups is 1. The number of benzene rings is 2. The Labute approximate surface area is 166 Å². The van der Waals surface area contributed by atoms with Gasteiger partial charge < -0.3 is 4.90 Å². The predicted molar refractivity (Wildman–Crippen MR) is 103 cm³/mol. The second kappa shape index (κ2) is 7.79. The summed E-state index contributed by atoms with van der Waals surface area (Å²) in [5, 5.41) is -0.0427. The fourth-order valence-electron chi connectivity index (χ4n) is 3.71. The van der Waals surface area contributed by atoms with Crippen LogP contribution in [0.2, 0.25) is 0 Å². The first kappa shape index (κ1) is 19.3. The van der Waals surface area contributed by atoms with Crippen LogP contribution in [0.4, 0.5) is 13.2 Å². The molecule has 0 spiro atoms. The summed E-state index contributed by atoms with van der Waals surface area (Å²) in [6, 6.07) is 13.5. The van der Waals surface area contributed by atoms with E-state index in [-0.39, 0.29) is 11.2 Å². The summed E-state index contributed by atoms with van der Waals surface area (Å²) in [6.45, 7) is 3.39. The third-order valence-electron chi connectivity index (χ3n) is 5.29. The van der Waals surface area contributed by atoms with Gasteiger partial charge in [0, 0.05) is 37.6 Å². The SMILES string of the molecule is O=C(C1Cc2ccccc2S1)N1CCN(Cc2ccc(C(F)(F)F)cc2)CC1. The van der Waals surface area contributed by atoms with Crippen LogP contribution in [0.15, 0.2) is 53.4 Å².